The summed E-state index contributed by atoms with van der Waals surface area (Å²) in [6.45, 7) is 5.67. The SMILES string of the molecule is CC(C)(C)n1nnc(C(=O)NCc2cc(F)c(-c3ncnn4cccc34)cc2Cl)n1. The zero-order valence-corrected chi connectivity index (χ0v) is 17.2. The van der Waals surface area contributed by atoms with Crippen molar-refractivity contribution in [3.63, 3.8) is 0 Å². The second kappa shape index (κ2) is 7.45. The molecule has 0 aliphatic carbocycles. The Bertz CT molecular complexity index is 1240. The molecular formula is C19H18ClFN8O. The zero-order chi connectivity index (χ0) is 21.5. The van der Waals surface area contributed by atoms with E-state index in [2.05, 4.69) is 30.8 Å². The van der Waals surface area contributed by atoms with E-state index in [1.165, 1.54) is 23.3 Å². The number of nitrogens with zero attached hydrogens (tertiary/aromatic N) is 7. The van der Waals surface area contributed by atoms with Gasteiger partial charge in [0.05, 0.1) is 11.1 Å². The minimum Gasteiger partial charge on any atom is -0.345 e. The summed E-state index contributed by atoms with van der Waals surface area (Å²) in [6.07, 6.45) is 3.09. The van der Waals surface area contributed by atoms with Gasteiger partial charge in [-0.15, -0.1) is 10.2 Å². The van der Waals surface area contributed by atoms with Crippen LogP contribution in [0.4, 0.5) is 4.39 Å². The van der Waals surface area contributed by atoms with Gasteiger partial charge in [0.15, 0.2) is 0 Å². The molecule has 1 amide bonds. The standard InChI is InChI=1S/C19H18ClFN8O/c1-19(2,3)29-26-17(25-27-29)18(30)22-9-11-7-14(21)12(8-13(11)20)16-15-5-4-6-28(15)24-10-23-16/h4-8,10H,9H2,1-3H3,(H,22,30). The molecule has 9 nitrogen and oxygen atoms in total. The van der Waals surface area contributed by atoms with Crippen LogP contribution in [-0.4, -0.2) is 40.7 Å². The van der Waals surface area contributed by atoms with Gasteiger partial charge in [0.2, 0.25) is 0 Å². The number of halogens is 2. The Kier molecular flexibility index (Phi) is 4.94. The Hall–Kier alpha value is -3.40. The molecule has 4 rings (SSSR count). The number of aromatic nitrogens is 7. The molecule has 0 saturated heterocycles. The van der Waals surface area contributed by atoms with E-state index in [0.717, 1.165) is 0 Å². The minimum absolute atomic E-state index is 0.00321. The molecule has 0 radical (unpaired) electrons. The van der Waals surface area contributed by atoms with E-state index in [1.807, 2.05) is 20.8 Å². The van der Waals surface area contributed by atoms with Gasteiger partial charge in [-0.1, -0.05) is 11.6 Å². The van der Waals surface area contributed by atoms with Gasteiger partial charge in [0.1, 0.15) is 17.8 Å². The highest BCUT2D eigenvalue weighted by atomic mass is 35.5. The molecule has 0 atom stereocenters. The number of tetrazole rings is 1. The fourth-order valence-electron chi connectivity index (χ4n) is 2.82. The first-order chi connectivity index (χ1) is 14.2. The van der Waals surface area contributed by atoms with Crippen molar-refractivity contribution in [2.24, 2.45) is 0 Å². The highest BCUT2D eigenvalue weighted by molar-refractivity contribution is 6.31. The first-order valence-corrected chi connectivity index (χ1v) is 9.47. The van der Waals surface area contributed by atoms with Crippen molar-refractivity contribution in [1.82, 2.24) is 40.1 Å². The summed E-state index contributed by atoms with van der Waals surface area (Å²) in [5, 5.41) is 18.7. The highest BCUT2D eigenvalue weighted by Crippen LogP contribution is 2.30. The van der Waals surface area contributed by atoms with Crippen LogP contribution in [0, 0.1) is 5.82 Å². The lowest BCUT2D eigenvalue weighted by molar-refractivity contribution is 0.0939. The van der Waals surface area contributed by atoms with Crippen LogP contribution in [0.2, 0.25) is 5.02 Å². The molecule has 0 spiro atoms. The molecular weight excluding hydrogens is 411 g/mol. The van der Waals surface area contributed by atoms with Crippen molar-refractivity contribution in [3.8, 4) is 11.3 Å². The molecule has 1 N–H and O–H groups in total. The lowest BCUT2D eigenvalue weighted by Gasteiger charge is -2.15. The van der Waals surface area contributed by atoms with E-state index < -0.39 is 17.3 Å². The van der Waals surface area contributed by atoms with E-state index >= 15 is 0 Å². The molecule has 1 aromatic carbocycles. The molecule has 3 heterocycles. The first-order valence-electron chi connectivity index (χ1n) is 9.09. The molecule has 154 valence electrons. The Morgan fingerprint density at radius 2 is 2.10 bits per heavy atom. The summed E-state index contributed by atoms with van der Waals surface area (Å²) in [6, 6.07) is 6.34. The van der Waals surface area contributed by atoms with Crippen molar-refractivity contribution in [2.75, 3.05) is 0 Å². The van der Waals surface area contributed by atoms with Crippen molar-refractivity contribution < 1.29 is 9.18 Å². The van der Waals surface area contributed by atoms with Gasteiger partial charge < -0.3 is 5.32 Å². The third kappa shape index (κ3) is 3.73. The average Bonchev–Trinajstić information content (AvgIpc) is 3.37. The van der Waals surface area contributed by atoms with Crippen molar-refractivity contribution in [3.05, 3.63) is 59.0 Å². The maximum absolute atomic E-state index is 14.9. The third-order valence-corrected chi connectivity index (χ3v) is 4.73. The van der Waals surface area contributed by atoms with Crippen LogP contribution in [-0.2, 0) is 12.1 Å². The third-order valence-electron chi connectivity index (χ3n) is 4.38. The van der Waals surface area contributed by atoms with Crippen molar-refractivity contribution >= 4 is 23.0 Å². The predicted octanol–water partition coefficient (Wildman–Crippen LogP) is 2.86. The highest BCUT2D eigenvalue weighted by Gasteiger charge is 2.21. The van der Waals surface area contributed by atoms with Crippen LogP contribution in [0.15, 0.2) is 36.8 Å². The molecule has 3 aromatic heterocycles. The van der Waals surface area contributed by atoms with Crippen LogP contribution in [0.1, 0.15) is 37.0 Å². The normalized spacial score (nSPS) is 11.8. The van der Waals surface area contributed by atoms with E-state index in [1.54, 1.807) is 22.8 Å². The maximum atomic E-state index is 14.9. The summed E-state index contributed by atoms with van der Waals surface area (Å²) in [5.74, 6) is -1.12. The van der Waals surface area contributed by atoms with E-state index in [4.69, 9.17) is 11.6 Å². The average molecular weight is 429 g/mol. The van der Waals surface area contributed by atoms with Gasteiger partial charge in [-0.2, -0.15) is 9.90 Å². The topological polar surface area (TPSA) is 103 Å². The fraction of sp³-hybridized carbons (Fsp3) is 0.263. The molecule has 0 aliphatic heterocycles. The molecule has 30 heavy (non-hydrogen) atoms. The van der Waals surface area contributed by atoms with Crippen LogP contribution in [0.25, 0.3) is 16.8 Å². The van der Waals surface area contributed by atoms with Crippen molar-refractivity contribution in [1.29, 1.82) is 0 Å². The smallest absolute Gasteiger partial charge is 0.293 e. The van der Waals surface area contributed by atoms with Gasteiger partial charge in [0.25, 0.3) is 11.7 Å². The summed E-state index contributed by atoms with van der Waals surface area (Å²) in [4.78, 5) is 17.9. The van der Waals surface area contributed by atoms with E-state index in [-0.39, 0.29) is 17.9 Å². The summed E-state index contributed by atoms with van der Waals surface area (Å²) in [5.41, 5.74) is 1.33. The molecule has 0 fully saturated rings. The van der Waals surface area contributed by atoms with Gasteiger partial charge in [0, 0.05) is 23.3 Å². The lowest BCUT2D eigenvalue weighted by Crippen LogP contribution is -2.27. The van der Waals surface area contributed by atoms with Crippen LogP contribution >= 0.6 is 11.6 Å². The Morgan fingerprint density at radius 1 is 1.30 bits per heavy atom. The van der Waals surface area contributed by atoms with Crippen LogP contribution in [0.3, 0.4) is 0 Å². The van der Waals surface area contributed by atoms with Crippen LogP contribution < -0.4 is 5.32 Å². The van der Waals surface area contributed by atoms with Gasteiger partial charge in [-0.05, 0) is 55.8 Å². The minimum atomic E-state index is -0.531. The molecule has 0 unspecified atom stereocenters. The number of hydrogen-bond donors (Lipinski definition) is 1. The number of fused-ring (bicyclic) bond motifs is 1. The predicted molar refractivity (Wildman–Crippen MR) is 107 cm³/mol. The molecule has 0 bridgehead atoms. The number of nitrogens with one attached hydrogen (secondary N) is 1. The quantitative estimate of drug-likeness (QED) is 0.536. The zero-order valence-electron chi connectivity index (χ0n) is 16.5. The molecule has 11 heteroatoms. The number of hydrogen-bond acceptors (Lipinski definition) is 6. The number of benzene rings is 1. The largest absolute Gasteiger partial charge is 0.345 e. The van der Waals surface area contributed by atoms with E-state index in [9.17, 15) is 9.18 Å². The summed E-state index contributed by atoms with van der Waals surface area (Å²) >= 11 is 6.35. The summed E-state index contributed by atoms with van der Waals surface area (Å²) < 4.78 is 16.5. The number of rotatable bonds is 4. The number of carbonyl (C=O) groups excluding carboxylic acids is 1. The Morgan fingerprint density at radius 3 is 2.83 bits per heavy atom. The Balaban J connectivity index is 1.55. The molecule has 4 aromatic rings. The van der Waals surface area contributed by atoms with Crippen molar-refractivity contribution in [2.45, 2.75) is 32.9 Å². The van der Waals surface area contributed by atoms with Gasteiger partial charge in [-0.25, -0.2) is 13.9 Å². The lowest BCUT2D eigenvalue weighted by atomic mass is 10.1. The second-order valence-electron chi connectivity index (χ2n) is 7.63. The van der Waals surface area contributed by atoms with Crippen LogP contribution in [0.5, 0.6) is 0 Å². The maximum Gasteiger partial charge on any atom is 0.293 e. The molecule has 0 saturated carbocycles. The number of amides is 1. The van der Waals surface area contributed by atoms with Gasteiger partial charge in [-0.3, -0.25) is 4.79 Å². The first kappa shape index (κ1) is 19.9. The van der Waals surface area contributed by atoms with Gasteiger partial charge >= 0.3 is 0 Å². The Labute approximate surface area is 175 Å². The monoisotopic (exact) mass is 428 g/mol. The molecule has 0 aliphatic rings. The van der Waals surface area contributed by atoms with E-state index in [0.29, 0.717) is 21.8 Å². The summed E-state index contributed by atoms with van der Waals surface area (Å²) in [7, 11) is 0. The fourth-order valence-corrected chi connectivity index (χ4v) is 3.05. The second-order valence-corrected chi connectivity index (χ2v) is 8.03. The number of carbonyl (C=O) groups is 1.